The van der Waals surface area contributed by atoms with Crippen LogP contribution in [0.25, 0.3) is 11.1 Å². The van der Waals surface area contributed by atoms with Crippen molar-refractivity contribution in [1.82, 2.24) is 4.98 Å². The molecule has 0 aliphatic heterocycles. The predicted molar refractivity (Wildman–Crippen MR) is 150 cm³/mol. The van der Waals surface area contributed by atoms with Gasteiger partial charge in [-0.2, -0.15) is 0 Å². The van der Waals surface area contributed by atoms with Gasteiger partial charge in [-0.25, -0.2) is 14.4 Å². The van der Waals surface area contributed by atoms with Crippen molar-refractivity contribution in [2.45, 2.75) is 47.3 Å². The number of nitrogens with zero attached hydrogens (tertiary/aromatic N) is 1. The number of aryl methyl sites for hydroxylation is 2. The molecule has 0 aliphatic carbocycles. The number of halogens is 2. The molecule has 0 amide bonds. The van der Waals surface area contributed by atoms with Gasteiger partial charge in [0.2, 0.25) is 0 Å². The number of esters is 1. The zero-order valence-electron chi connectivity index (χ0n) is 21.6. The predicted octanol–water partition coefficient (Wildman–Crippen LogP) is 5.62. The van der Waals surface area contributed by atoms with E-state index < -0.39 is 17.9 Å². The van der Waals surface area contributed by atoms with Gasteiger partial charge in [-0.1, -0.05) is 49.7 Å². The SMILES string of the molecule is Cc1ccc(-c2c(CN)c(CC(C)C)nc(C)c2C(=O)OCc2ccc(C(=O)O)c(C(=O)O)c2)cc1.Cl.Cl. The van der Waals surface area contributed by atoms with Crippen LogP contribution in [0, 0.1) is 19.8 Å². The van der Waals surface area contributed by atoms with E-state index in [0.717, 1.165) is 22.4 Å². The number of nitrogens with two attached hydrogens (primary N) is 1. The molecule has 0 saturated heterocycles. The molecule has 0 saturated carbocycles. The maximum atomic E-state index is 13.4. The number of benzene rings is 2. The number of hydrogen-bond donors (Lipinski definition) is 3. The molecule has 0 aliphatic rings. The molecule has 10 heteroatoms. The summed E-state index contributed by atoms with van der Waals surface area (Å²) in [4.78, 5) is 40.9. The molecule has 0 atom stereocenters. The highest BCUT2D eigenvalue weighted by atomic mass is 35.5. The van der Waals surface area contributed by atoms with E-state index in [0.29, 0.717) is 34.7 Å². The van der Waals surface area contributed by atoms with Crippen LogP contribution in [-0.4, -0.2) is 33.1 Å². The number of pyridine rings is 1. The van der Waals surface area contributed by atoms with Crippen molar-refractivity contribution in [2.24, 2.45) is 11.7 Å². The van der Waals surface area contributed by atoms with Crippen molar-refractivity contribution in [3.8, 4) is 11.1 Å². The van der Waals surface area contributed by atoms with E-state index >= 15 is 0 Å². The first-order chi connectivity index (χ1) is 17.0. The number of carboxylic acid groups (broad SMARTS) is 2. The van der Waals surface area contributed by atoms with E-state index in [9.17, 15) is 24.6 Å². The molecule has 3 rings (SSSR count). The molecular weight excluding hydrogens is 531 g/mol. The highest BCUT2D eigenvalue weighted by Crippen LogP contribution is 2.33. The van der Waals surface area contributed by atoms with Crippen molar-refractivity contribution >= 4 is 42.7 Å². The zero-order chi connectivity index (χ0) is 26.6. The smallest absolute Gasteiger partial charge is 0.340 e. The molecule has 38 heavy (non-hydrogen) atoms. The minimum atomic E-state index is -1.38. The summed E-state index contributed by atoms with van der Waals surface area (Å²) < 4.78 is 5.58. The summed E-state index contributed by atoms with van der Waals surface area (Å²) >= 11 is 0. The quantitative estimate of drug-likeness (QED) is 0.285. The summed E-state index contributed by atoms with van der Waals surface area (Å²) in [6.07, 6.45) is 0.704. The summed E-state index contributed by atoms with van der Waals surface area (Å²) in [5.74, 6) is -3.02. The van der Waals surface area contributed by atoms with Crippen LogP contribution in [0.15, 0.2) is 42.5 Å². The highest BCUT2D eigenvalue weighted by molar-refractivity contribution is 6.02. The first-order valence-electron chi connectivity index (χ1n) is 11.6. The Kier molecular flexibility index (Phi) is 11.9. The van der Waals surface area contributed by atoms with Crippen molar-refractivity contribution < 1.29 is 29.3 Å². The van der Waals surface area contributed by atoms with E-state index in [4.69, 9.17) is 15.5 Å². The van der Waals surface area contributed by atoms with Gasteiger partial charge in [0, 0.05) is 17.8 Å². The first kappa shape index (κ1) is 32.6. The fraction of sp³-hybridized carbons (Fsp3) is 0.286. The van der Waals surface area contributed by atoms with Crippen molar-refractivity contribution in [1.29, 1.82) is 0 Å². The zero-order valence-corrected chi connectivity index (χ0v) is 23.2. The van der Waals surface area contributed by atoms with Crippen molar-refractivity contribution in [3.63, 3.8) is 0 Å². The van der Waals surface area contributed by atoms with Gasteiger partial charge in [-0.05, 0) is 55.0 Å². The summed E-state index contributed by atoms with van der Waals surface area (Å²) in [6, 6.07) is 11.6. The van der Waals surface area contributed by atoms with Crippen LogP contribution in [-0.2, 0) is 24.3 Å². The molecule has 0 fully saturated rings. The molecule has 1 aromatic heterocycles. The number of carbonyl (C=O) groups is 3. The number of aromatic nitrogens is 1. The Morgan fingerprint density at radius 2 is 1.55 bits per heavy atom. The molecule has 4 N–H and O–H groups in total. The Labute approximate surface area is 234 Å². The lowest BCUT2D eigenvalue weighted by atomic mass is 9.90. The number of hydrogen-bond acceptors (Lipinski definition) is 6. The van der Waals surface area contributed by atoms with E-state index in [-0.39, 0.29) is 49.1 Å². The lowest BCUT2D eigenvalue weighted by Crippen LogP contribution is -2.17. The maximum absolute atomic E-state index is 13.4. The van der Waals surface area contributed by atoms with Gasteiger partial charge >= 0.3 is 17.9 Å². The normalized spacial score (nSPS) is 10.4. The van der Waals surface area contributed by atoms with E-state index in [2.05, 4.69) is 13.8 Å². The third-order valence-electron chi connectivity index (χ3n) is 5.83. The topological polar surface area (TPSA) is 140 Å². The Hall–Kier alpha value is -3.46. The van der Waals surface area contributed by atoms with Crippen LogP contribution < -0.4 is 5.73 Å². The minimum Gasteiger partial charge on any atom is -0.478 e. The number of carbonyl (C=O) groups excluding carboxylic acids is 1. The number of ether oxygens (including phenoxy) is 1. The second-order valence-electron chi connectivity index (χ2n) is 9.11. The molecule has 204 valence electrons. The Morgan fingerprint density at radius 3 is 2.08 bits per heavy atom. The largest absolute Gasteiger partial charge is 0.478 e. The number of aromatic carboxylic acids is 2. The van der Waals surface area contributed by atoms with Crippen LogP contribution in [0.2, 0.25) is 0 Å². The van der Waals surface area contributed by atoms with Gasteiger partial charge in [-0.3, -0.25) is 4.98 Å². The standard InChI is InChI=1S/C28H30N2O6.2ClH/c1-15(2)11-23-22(13-29)25(19-8-5-16(3)6-9-19)24(17(4)30-23)28(35)36-14-18-7-10-20(26(31)32)21(12-18)27(33)34;;/h5-10,12,15H,11,13-14,29H2,1-4H3,(H,31,32)(H,33,34);2*1H. The summed E-state index contributed by atoms with van der Waals surface area (Å²) in [7, 11) is 0. The molecule has 8 nitrogen and oxygen atoms in total. The maximum Gasteiger partial charge on any atom is 0.340 e. The third-order valence-corrected chi connectivity index (χ3v) is 5.83. The lowest BCUT2D eigenvalue weighted by molar-refractivity contribution is 0.0471. The molecule has 0 unspecified atom stereocenters. The van der Waals surface area contributed by atoms with Crippen LogP contribution in [0.1, 0.15) is 73.0 Å². The van der Waals surface area contributed by atoms with Crippen LogP contribution >= 0.6 is 24.8 Å². The average molecular weight is 563 g/mol. The summed E-state index contributed by atoms with van der Waals surface area (Å²) in [5.41, 5.74) is 10.8. The molecule has 3 aromatic rings. The van der Waals surface area contributed by atoms with Crippen LogP contribution in [0.5, 0.6) is 0 Å². The van der Waals surface area contributed by atoms with Gasteiger partial charge < -0.3 is 20.7 Å². The molecule has 0 radical (unpaired) electrons. The summed E-state index contributed by atoms with van der Waals surface area (Å²) in [6.45, 7) is 7.86. The molecular formula is C28H32Cl2N2O6. The Balaban J connectivity index is 0.00000361. The van der Waals surface area contributed by atoms with Crippen LogP contribution in [0.3, 0.4) is 0 Å². The first-order valence-corrected chi connectivity index (χ1v) is 11.6. The second kappa shape index (κ2) is 13.9. The Morgan fingerprint density at radius 1 is 0.947 bits per heavy atom. The van der Waals surface area contributed by atoms with E-state index in [1.54, 1.807) is 6.92 Å². The highest BCUT2D eigenvalue weighted by Gasteiger charge is 2.25. The fourth-order valence-electron chi connectivity index (χ4n) is 4.13. The van der Waals surface area contributed by atoms with Gasteiger partial charge in [0.15, 0.2) is 0 Å². The average Bonchev–Trinajstić information content (AvgIpc) is 2.82. The van der Waals surface area contributed by atoms with Crippen molar-refractivity contribution in [2.75, 3.05) is 0 Å². The Bertz CT molecular complexity index is 1320. The monoisotopic (exact) mass is 562 g/mol. The molecule has 0 spiro atoms. The van der Waals surface area contributed by atoms with E-state index in [1.807, 2.05) is 31.2 Å². The minimum absolute atomic E-state index is 0. The fourth-order valence-corrected chi connectivity index (χ4v) is 4.13. The van der Waals surface area contributed by atoms with Gasteiger partial charge in [-0.15, -0.1) is 24.8 Å². The second-order valence-corrected chi connectivity index (χ2v) is 9.11. The van der Waals surface area contributed by atoms with E-state index in [1.165, 1.54) is 18.2 Å². The van der Waals surface area contributed by atoms with Crippen molar-refractivity contribution in [3.05, 3.63) is 87.2 Å². The number of carboxylic acids is 2. The molecule has 2 aromatic carbocycles. The molecule has 0 bridgehead atoms. The lowest BCUT2D eigenvalue weighted by Gasteiger charge is -2.20. The van der Waals surface area contributed by atoms with Crippen LogP contribution in [0.4, 0.5) is 0 Å². The number of rotatable bonds is 9. The third kappa shape index (κ3) is 7.31. The summed E-state index contributed by atoms with van der Waals surface area (Å²) in [5, 5.41) is 18.6. The van der Waals surface area contributed by atoms with Gasteiger partial charge in [0.1, 0.15) is 6.61 Å². The van der Waals surface area contributed by atoms with Gasteiger partial charge in [0.05, 0.1) is 22.4 Å². The van der Waals surface area contributed by atoms with Gasteiger partial charge in [0.25, 0.3) is 0 Å². The molecule has 1 heterocycles.